The molecule has 12 heteroatoms. The van der Waals surface area contributed by atoms with Crippen LogP contribution in [0.3, 0.4) is 0 Å². The Balaban J connectivity index is 1.98. The normalized spacial score (nSPS) is 15.2. The number of halogens is 3. The average Bonchev–Trinajstić information content (AvgIpc) is 2.78. The van der Waals surface area contributed by atoms with Crippen molar-refractivity contribution in [1.82, 2.24) is 9.21 Å². The number of nitrogens with zero attached hydrogens (tertiary/aromatic N) is 3. The van der Waals surface area contributed by atoms with Gasteiger partial charge in [0.25, 0.3) is 11.6 Å². The van der Waals surface area contributed by atoms with Crippen molar-refractivity contribution in [2.24, 2.45) is 0 Å². The van der Waals surface area contributed by atoms with Crippen molar-refractivity contribution in [2.75, 3.05) is 19.6 Å². The smallest absolute Gasteiger partial charge is 0.325 e. The quantitative estimate of drug-likeness (QED) is 0.418. The minimum absolute atomic E-state index is 0.0710. The number of hydrogen-bond donors (Lipinski definition) is 0. The molecule has 184 valence electrons. The maximum Gasteiger partial charge on any atom is 0.406 e. The van der Waals surface area contributed by atoms with Gasteiger partial charge in [0.05, 0.1) is 16.4 Å². The number of rotatable bonds is 7. The van der Waals surface area contributed by atoms with Crippen LogP contribution in [0.2, 0.25) is 0 Å². The third kappa shape index (κ3) is 5.92. The van der Waals surface area contributed by atoms with E-state index in [9.17, 15) is 36.5 Å². The molecule has 1 fully saturated rings. The fourth-order valence-corrected chi connectivity index (χ4v) is 5.65. The topological polar surface area (TPSA) is 101 Å². The van der Waals surface area contributed by atoms with Crippen LogP contribution in [0.15, 0.2) is 47.4 Å². The van der Waals surface area contributed by atoms with Gasteiger partial charge in [0.15, 0.2) is 0 Å². The van der Waals surface area contributed by atoms with Crippen LogP contribution in [0, 0.1) is 17.0 Å². The summed E-state index contributed by atoms with van der Waals surface area (Å²) in [5, 5.41) is 11.3. The molecule has 1 heterocycles. The Morgan fingerprint density at radius 2 is 1.76 bits per heavy atom. The number of carbonyl (C=O) groups excluding carboxylic acids is 1. The summed E-state index contributed by atoms with van der Waals surface area (Å²) in [6.45, 7) is -0.112. The van der Waals surface area contributed by atoms with Crippen LogP contribution in [0.1, 0.15) is 40.7 Å². The molecule has 1 aliphatic heterocycles. The molecule has 1 amide bonds. The maximum absolute atomic E-state index is 13.3. The summed E-state index contributed by atoms with van der Waals surface area (Å²) in [6, 6.07) is 8.93. The van der Waals surface area contributed by atoms with Crippen LogP contribution in [-0.2, 0) is 16.6 Å². The minimum Gasteiger partial charge on any atom is -0.325 e. The number of carbonyl (C=O) groups is 1. The van der Waals surface area contributed by atoms with E-state index in [1.54, 1.807) is 6.92 Å². The molecule has 0 spiro atoms. The molecular formula is C22H24F3N3O5S. The molecule has 3 rings (SSSR count). The maximum atomic E-state index is 13.3. The Hall–Kier alpha value is -2.99. The van der Waals surface area contributed by atoms with Crippen molar-refractivity contribution in [3.8, 4) is 0 Å². The summed E-state index contributed by atoms with van der Waals surface area (Å²) in [6.07, 6.45) is -2.47. The Kier molecular flexibility index (Phi) is 7.61. The number of nitro benzene ring substituents is 1. The number of nitro groups is 1. The van der Waals surface area contributed by atoms with Gasteiger partial charge >= 0.3 is 6.18 Å². The Bertz CT molecular complexity index is 1180. The summed E-state index contributed by atoms with van der Waals surface area (Å²) in [7, 11) is -3.94. The first-order valence-electron chi connectivity index (χ1n) is 10.6. The number of hydrogen-bond acceptors (Lipinski definition) is 5. The molecule has 2 aromatic carbocycles. The summed E-state index contributed by atoms with van der Waals surface area (Å²) in [5.41, 5.74) is -0.370. The molecule has 0 N–H and O–H groups in total. The Morgan fingerprint density at radius 1 is 1.12 bits per heavy atom. The van der Waals surface area contributed by atoms with Crippen molar-refractivity contribution in [1.29, 1.82) is 0 Å². The molecule has 0 unspecified atom stereocenters. The van der Waals surface area contributed by atoms with E-state index in [2.05, 4.69) is 0 Å². The molecule has 8 nitrogen and oxygen atoms in total. The van der Waals surface area contributed by atoms with Gasteiger partial charge in [-0.3, -0.25) is 14.9 Å². The lowest BCUT2D eigenvalue weighted by atomic mass is 10.1. The van der Waals surface area contributed by atoms with Crippen molar-refractivity contribution in [2.45, 2.75) is 43.8 Å². The van der Waals surface area contributed by atoms with E-state index in [-0.39, 0.29) is 16.0 Å². The fourth-order valence-electron chi connectivity index (χ4n) is 3.88. The molecule has 34 heavy (non-hydrogen) atoms. The molecule has 2 aromatic rings. The molecule has 1 saturated heterocycles. The summed E-state index contributed by atoms with van der Waals surface area (Å²) >= 11 is 0. The largest absolute Gasteiger partial charge is 0.406 e. The summed E-state index contributed by atoms with van der Waals surface area (Å²) in [5.74, 6) is -1.08. The first-order valence-corrected chi connectivity index (χ1v) is 12.0. The van der Waals surface area contributed by atoms with E-state index in [0.717, 1.165) is 18.6 Å². The van der Waals surface area contributed by atoms with Crippen LogP contribution < -0.4 is 0 Å². The van der Waals surface area contributed by atoms with Crippen molar-refractivity contribution < 1.29 is 31.3 Å². The lowest BCUT2D eigenvalue weighted by Crippen LogP contribution is -2.39. The number of amides is 1. The van der Waals surface area contributed by atoms with Gasteiger partial charge in [-0.1, -0.05) is 30.7 Å². The second-order valence-corrected chi connectivity index (χ2v) is 10.0. The van der Waals surface area contributed by atoms with Gasteiger partial charge in [0.2, 0.25) is 10.0 Å². The van der Waals surface area contributed by atoms with Crippen molar-refractivity contribution in [3.05, 3.63) is 69.3 Å². The van der Waals surface area contributed by atoms with Crippen molar-refractivity contribution in [3.63, 3.8) is 0 Å². The first-order chi connectivity index (χ1) is 15.9. The number of aryl methyl sites for hydroxylation is 1. The van der Waals surface area contributed by atoms with E-state index >= 15 is 0 Å². The molecule has 0 aliphatic carbocycles. The first kappa shape index (κ1) is 25.6. The highest BCUT2D eigenvalue weighted by Crippen LogP contribution is 2.27. The Morgan fingerprint density at radius 3 is 2.38 bits per heavy atom. The second-order valence-electron chi connectivity index (χ2n) is 8.11. The third-order valence-electron chi connectivity index (χ3n) is 5.57. The van der Waals surface area contributed by atoms with Crippen LogP contribution in [-0.4, -0.2) is 54.3 Å². The third-order valence-corrected chi connectivity index (χ3v) is 7.62. The van der Waals surface area contributed by atoms with Gasteiger partial charge in [0.1, 0.15) is 6.54 Å². The molecule has 0 atom stereocenters. The molecule has 1 aliphatic rings. The molecule has 0 aromatic heterocycles. The fraction of sp³-hybridized carbons (Fsp3) is 0.409. The average molecular weight is 500 g/mol. The van der Waals surface area contributed by atoms with Crippen LogP contribution in [0.5, 0.6) is 0 Å². The highest BCUT2D eigenvalue weighted by atomic mass is 32.2. The van der Waals surface area contributed by atoms with E-state index in [0.29, 0.717) is 36.4 Å². The van der Waals surface area contributed by atoms with Gasteiger partial charge in [0, 0.05) is 30.3 Å². The lowest BCUT2D eigenvalue weighted by Gasteiger charge is -2.27. The summed E-state index contributed by atoms with van der Waals surface area (Å²) in [4.78, 5) is 24.0. The van der Waals surface area contributed by atoms with Gasteiger partial charge in [-0.25, -0.2) is 8.42 Å². The number of alkyl halides is 3. The molecule has 0 bridgehead atoms. The zero-order valence-corrected chi connectivity index (χ0v) is 19.2. The van der Waals surface area contributed by atoms with E-state index < -0.39 is 45.8 Å². The summed E-state index contributed by atoms with van der Waals surface area (Å²) < 4.78 is 67.5. The predicted molar refractivity (Wildman–Crippen MR) is 118 cm³/mol. The van der Waals surface area contributed by atoms with E-state index in [1.165, 1.54) is 34.6 Å². The monoisotopic (exact) mass is 499 g/mol. The zero-order chi connectivity index (χ0) is 25.1. The highest BCUT2D eigenvalue weighted by Gasteiger charge is 2.35. The lowest BCUT2D eigenvalue weighted by molar-refractivity contribution is -0.385. The standard InChI is InChI=1S/C22H24F3N3O5S/c1-16-9-10-17(13-20(16)34(32,33)27-11-5-2-6-12-27)21(29)26(15-22(23,24)25)14-18-7-3-4-8-19(18)28(30)31/h3-4,7-10,13H,2,5-6,11-12,14-15H2,1H3. The number of para-hydroxylation sites is 1. The predicted octanol–water partition coefficient (Wildman–Crippen LogP) is 4.28. The van der Waals surface area contributed by atoms with Gasteiger partial charge in [-0.2, -0.15) is 17.5 Å². The van der Waals surface area contributed by atoms with Crippen LogP contribution >= 0.6 is 0 Å². The minimum atomic E-state index is -4.77. The van der Waals surface area contributed by atoms with Crippen LogP contribution in [0.4, 0.5) is 18.9 Å². The molecular weight excluding hydrogens is 475 g/mol. The molecule has 0 radical (unpaired) electrons. The zero-order valence-electron chi connectivity index (χ0n) is 18.4. The van der Waals surface area contributed by atoms with Gasteiger partial charge < -0.3 is 4.90 Å². The van der Waals surface area contributed by atoms with Gasteiger partial charge in [-0.05, 0) is 37.5 Å². The van der Waals surface area contributed by atoms with E-state index in [1.807, 2.05) is 0 Å². The Labute approximate surface area is 195 Å². The van der Waals surface area contributed by atoms with Crippen LogP contribution in [0.25, 0.3) is 0 Å². The van der Waals surface area contributed by atoms with Gasteiger partial charge in [-0.15, -0.1) is 0 Å². The van der Waals surface area contributed by atoms with Crippen molar-refractivity contribution >= 4 is 21.6 Å². The number of sulfonamides is 1. The van der Waals surface area contributed by atoms with E-state index in [4.69, 9.17) is 0 Å². The second kappa shape index (κ2) is 10.1. The number of benzene rings is 2. The molecule has 0 saturated carbocycles. The number of piperidine rings is 1. The SMILES string of the molecule is Cc1ccc(C(=O)N(Cc2ccccc2[N+](=O)[O-])CC(F)(F)F)cc1S(=O)(=O)N1CCCCC1. The highest BCUT2D eigenvalue weighted by molar-refractivity contribution is 7.89.